The SMILES string of the molecule is CCNCc1sc(CCOCC(F)F)nc1C(C)(C)C. The van der Waals surface area contributed by atoms with Crippen molar-refractivity contribution in [3.05, 3.63) is 15.6 Å². The van der Waals surface area contributed by atoms with Gasteiger partial charge in [-0.05, 0) is 6.54 Å². The number of nitrogens with one attached hydrogen (secondary N) is 1. The summed E-state index contributed by atoms with van der Waals surface area (Å²) in [5.41, 5.74) is 1.08. The molecule has 1 rings (SSSR count). The van der Waals surface area contributed by atoms with E-state index in [2.05, 4.69) is 38.0 Å². The second kappa shape index (κ2) is 8.00. The minimum atomic E-state index is -2.40. The van der Waals surface area contributed by atoms with Gasteiger partial charge in [0.1, 0.15) is 6.61 Å². The molecule has 116 valence electrons. The predicted molar refractivity (Wildman–Crippen MR) is 78.7 cm³/mol. The molecule has 0 aliphatic rings. The molecule has 0 saturated carbocycles. The molecule has 3 nitrogen and oxygen atoms in total. The fourth-order valence-electron chi connectivity index (χ4n) is 1.78. The molecule has 0 amide bonds. The highest BCUT2D eigenvalue weighted by Crippen LogP contribution is 2.29. The second-order valence-corrected chi connectivity index (χ2v) is 6.79. The molecule has 6 heteroatoms. The average molecular weight is 306 g/mol. The highest BCUT2D eigenvalue weighted by molar-refractivity contribution is 7.11. The van der Waals surface area contributed by atoms with E-state index in [1.807, 2.05) is 0 Å². The van der Waals surface area contributed by atoms with Crippen LogP contribution in [0.1, 0.15) is 43.3 Å². The number of hydrogen-bond donors (Lipinski definition) is 1. The van der Waals surface area contributed by atoms with Gasteiger partial charge in [-0.1, -0.05) is 27.7 Å². The Balaban J connectivity index is 2.65. The molecular weight excluding hydrogens is 282 g/mol. The number of ether oxygens (including phenoxy) is 1. The minimum Gasteiger partial charge on any atom is -0.375 e. The summed E-state index contributed by atoms with van der Waals surface area (Å²) in [4.78, 5) is 5.89. The van der Waals surface area contributed by atoms with Crippen LogP contribution >= 0.6 is 11.3 Å². The van der Waals surface area contributed by atoms with Crippen LogP contribution < -0.4 is 5.32 Å². The van der Waals surface area contributed by atoms with E-state index < -0.39 is 13.0 Å². The van der Waals surface area contributed by atoms with Gasteiger partial charge in [-0.3, -0.25) is 0 Å². The van der Waals surface area contributed by atoms with Gasteiger partial charge in [0.2, 0.25) is 0 Å². The van der Waals surface area contributed by atoms with Gasteiger partial charge >= 0.3 is 0 Å². The van der Waals surface area contributed by atoms with Crippen LogP contribution in [0.4, 0.5) is 8.78 Å². The zero-order valence-corrected chi connectivity index (χ0v) is 13.4. The van der Waals surface area contributed by atoms with Gasteiger partial charge in [0.25, 0.3) is 6.43 Å². The summed E-state index contributed by atoms with van der Waals surface area (Å²) in [5.74, 6) is 0. The summed E-state index contributed by atoms with van der Waals surface area (Å²) in [6.45, 7) is 9.98. The summed E-state index contributed by atoms with van der Waals surface area (Å²) < 4.78 is 28.9. The summed E-state index contributed by atoms with van der Waals surface area (Å²) in [6, 6.07) is 0. The molecule has 0 aliphatic carbocycles. The van der Waals surface area contributed by atoms with E-state index in [1.54, 1.807) is 11.3 Å². The smallest absolute Gasteiger partial charge is 0.261 e. The quantitative estimate of drug-likeness (QED) is 0.748. The van der Waals surface area contributed by atoms with E-state index in [0.717, 1.165) is 23.8 Å². The molecule has 0 bridgehead atoms. The maximum atomic E-state index is 12.0. The summed E-state index contributed by atoms with van der Waals surface area (Å²) in [6.07, 6.45) is -1.81. The largest absolute Gasteiger partial charge is 0.375 e. The van der Waals surface area contributed by atoms with E-state index in [9.17, 15) is 8.78 Å². The lowest BCUT2D eigenvalue weighted by Gasteiger charge is -2.17. The van der Waals surface area contributed by atoms with Crippen LogP contribution in [-0.2, 0) is 23.1 Å². The van der Waals surface area contributed by atoms with Gasteiger partial charge in [0.05, 0.1) is 17.3 Å². The van der Waals surface area contributed by atoms with Crippen LogP contribution in [0, 0.1) is 0 Å². The Hall–Kier alpha value is -0.590. The standard InChI is InChI=1S/C14H24F2N2OS/c1-5-17-8-10-13(14(2,3)4)18-12(20-10)6-7-19-9-11(15)16/h11,17H,5-9H2,1-4H3. The summed E-state index contributed by atoms with van der Waals surface area (Å²) >= 11 is 1.64. The maximum absolute atomic E-state index is 12.0. The molecule has 1 aromatic rings. The topological polar surface area (TPSA) is 34.1 Å². The van der Waals surface area contributed by atoms with Crippen molar-refractivity contribution in [3.8, 4) is 0 Å². The third-order valence-electron chi connectivity index (χ3n) is 2.69. The first-order valence-electron chi connectivity index (χ1n) is 6.90. The van der Waals surface area contributed by atoms with Crippen molar-refractivity contribution in [3.63, 3.8) is 0 Å². The van der Waals surface area contributed by atoms with Crippen molar-refractivity contribution < 1.29 is 13.5 Å². The molecule has 1 N–H and O–H groups in total. The van der Waals surface area contributed by atoms with E-state index in [0.29, 0.717) is 13.0 Å². The highest BCUT2D eigenvalue weighted by Gasteiger charge is 2.22. The molecule has 0 radical (unpaired) electrons. The Kier molecular flexibility index (Phi) is 6.99. The Morgan fingerprint density at radius 1 is 1.35 bits per heavy atom. The van der Waals surface area contributed by atoms with Crippen molar-refractivity contribution in [1.29, 1.82) is 0 Å². The van der Waals surface area contributed by atoms with Crippen LogP contribution in [0.25, 0.3) is 0 Å². The first-order valence-corrected chi connectivity index (χ1v) is 7.72. The lowest BCUT2D eigenvalue weighted by Crippen LogP contribution is -2.18. The number of rotatable bonds is 8. The molecule has 0 aliphatic heterocycles. The highest BCUT2D eigenvalue weighted by atomic mass is 32.1. The van der Waals surface area contributed by atoms with Crippen LogP contribution in [-0.4, -0.2) is 31.2 Å². The van der Waals surface area contributed by atoms with Crippen molar-refractivity contribution in [1.82, 2.24) is 10.3 Å². The molecule has 0 saturated heterocycles. The summed E-state index contributed by atoms with van der Waals surface area (Å²) in [5, 5.41) is 4.27. The zero-order chi connectivity index (χ0) is 15.2. The first-order chi connectivity index (χ1) is 9.34. The van der Waals surface area contributed by atoms with Gasteiger partial charge in [0, 0.05) is 23.3 Å². The van der Waals surface area contributed by atoms with E-state index in [1.165, 1.54) is 4.88 Å². The maximum Gasteiger partial charge on any atom is 0.261 e. The molecule has 20 heavy (non-hydrogen) atoms. The van der Waals surface area contributed by atoms with Crippen molar-refractivity contribution in [2.24, 2.45) is 0 Å². The third kappa shape index (κ3) is 5.81. The Morgan fingerprint density at radius 3 is 2.60 bits per heavy atom. The molecule has 1 heterocycles. The molecule has 0 atom stereocenters. The molecule has 0 fully saturated rings. The third-order valence-corrected chi connectivity index (χ3v) is 3.81. The van der Waals surface area contributed by atoms with Gasteiger partial charge in [-0.25, -0.2) is 13.8 Å². The molecule has 0 spiro atoms. The lowest BCUT2D eigenvalue weighted by molar-refractivity contribution is 0.0187. The number of halogens is 2. The summed E-state index contributed by atoms with van der Waals surface area (Å²) in [7, 11) is 0. The van der Waals surface area contributed by atoms with Crippen molar-refractivity contribution in [2.75, 3.05) is 19.8 Å². The molecule has 1 aromatic heterocycles. The number of nitrogens with zero attached hydrogens (tertiary/aromatic N) is 1. The van der Waals surface area contributed by atoms with Crippen LogP contribution in [0.15, 0.2) is 0 Å². The van der Waals surface area contributed by atoms with Gasteiger partial charge in [0.15, 0.2) is 0 Å². The van der Waals surface area contributed by atoms with E-state index in [-0.39, 0.29) is 5.41 Å². The van der Waals surface area contributed by atoms with Crippen LogP contribution in [0.2, 0.25) is 0 Å². The van der Waals surface area contributed by atoms with Gasteiger partial charge in [-0.2, -0.15) is 0 Å². The number of thiazole rings is 1. The lowest BCUT2D eigenvalue weighted by atomic mass is 9.91. The Bertz CT molecular complexity index is 402. The fraction of sp³-hybridized carbons (Fsp3) is 0.786. The molecular formula is C14H24F2N2OS. The van der Waals surface area contributed by atoms with Gasteiger partial charge in [-0.15, -0.1) is 11.3 Å². The Labute approximate surface area is 123 Å². The normalized spacial score (nSPS) is 12.3. The van der Waals surface area contributed by atoms with Gasteiger partial charge < -0.3 is 10.1 Å². The van der Waals surface area contributed by atoms with E-state index in [4.69, 9.17) is 4.74 Å². The number of alkyl halides is 2. The minimum absolute atomic E-state index is 0.0106. The molecule has 0 aromatic carbocycles. The van der Waals surface area contributed by atoms with Crippen molar-refractivity contribution in [2.45, 2.75) is 52.5 Å². The van der Waals surface area contributed by atoms with Crippen LogP contribution in [0.5, 0.6) is 0 Å². The predicted octanol–water partition coefficient (Wildman–Crippen LogP) is 3.37. The number of aromatic nitrogens is 1. The zero-order valence-electron chi connectivity index (χ0n) is 12.6. The molecule has 0 unspecified atom stereocenters. The number of hydrogen-bond acceptors (Lipinski definition) is 4. The Morgan fingerprint density at radius 2 is 2.05 bits per heavy atom. The van der Waals surface area contributed by atoms with Crippen molar-refractivity contribution >= 4 is 11.3 Å². The van der Waals surface area contributed by atoms with Crippen LogP contribution in [0.3, 0.4) is 0 Å². The first kappa shape index (κ1) is 17.5. The monoisotopic (exact) mass is 306 g/mol. The van der Waals surface area contributed by atoms with E-state index >= 15 is 0 Å². The second-order valence-electron chi connectivity index (χ2n) is 5.63. The fourth-order valence-corrected chi connectivity index (χ4v) is 3.01. The average Bonchev–Trinajstić information content (AvgIpc) is 2.75.